The Morgan fingerprint density at radius 3 is 2.76 bits per heavy atom. The molecular weight excluding hydrogens is 304 g/mol. The number of halogens is 1. The van der Waals surface area contributed by atoms with E-state index in [0.717, 1.165) is 23.5 Å². The summed E-state index contributed by atoms with van der Waals surface area (Å²) < 4.78 is 11.6. The summed E-state index contributed by atoms with van der Waals surface area (Å²) in [5, 5.41) is 1.98. The molecule has 21 heavy (non-hydrogen) atoms. The molecule has 0 fully saturated rings. The lowest BCUT2D eigenvalue weighted by atomic mass is 10.1. The highest BCUT2D eigenvalue weighted by atomic mass is 35.5. The van der Waals surface area contributed by atoms with Gasteiger partial charge in [0.2, 0.25) is 0 Å². The highest BCUT2D eigenvalue weighted by Crippen LogP contribution is 2.39. The Morgan fingerprint density at radius 1 is 1.24 bits per heavy atom. The zero-order valence-corrected chi connectivity index (χ0v) is 13.8. The second-order valence-electron chi connectivity index (χ2n) is 5.46. The molecule has 0 radical (unpaired) electrons. The summed E-state index contributed by atoms with van der Waals surface area (Å²) in [4.78, 5) is 1.22. The number of ether oxygens (including phenoxy) is 2. The van der Waals surface area contributed by atoms with Gasteiger partial charge >= 0.3 is 0 Å². The summed E-state index contributed by atoms with van der Waals surface area (Å²) in [5.41, 5.74) is 2.38. The summed E-state index contributed by atoms with van der Waals surface area (Å²) in [5.74, 6) is 2.02. The van der Waals surface area contributed by atoms with E-state index < -0.39 is 0 Å². The van der Waals surface area contributed by atoms with Crippen molar-refractivity contribution in [1.29, 1.82) is 0 Å². The van der Waals surface area contributed by atoms with Crippen molar-refractivity contribution in [2.45, 2.75) is 25.6 Å². The highest BCUT2D eigenvalue weighted by Gasteiger charge is 2.20. The molecule has 2 unspecified atom stereocenters. The van der Waals surface area contributed by atoms with Crippen LogP contribution in [0.2, 0.25) is 0 Å². The summed E-state index contributed by atoms with van der Waals surface area (Å²) in [7, 11) is 0. The normalized spacial score (nSPS) is 19.1. The number of benzene rings is 1. The minimum absolute atomic E-state index is 0.130. The summed E-state index contributed by atoms with van der Waals surface area (Å²) >= 11 is 8.40. The number of aryl methyl sites for hydroxylation is 1. The molecule has 1 aromatic carbocycles. The fourth-order valence-electron chi connectivity index (χ4n) is 2.44. The van der Waals surface area contributed by atoms with Crippen LogP contribution in [0, 0.1) is 5.92 Å². The maximum absolute atomic E-state index is 6.68. The van der Waals surface area contributed by atoms with Crippen LogP contribution < -0.4 is 9.47 Å². The van der Waals surface area contributed by atoms with Crippen molar-refractivity contribution >= 4 is 22.9 Å². The molecule has 1 aromatic heterocycles. The molecule has 1 aliphatic rings. The van der Waals surface area contributed by atoms with Gasteiger partial charge in [0.05, 0.1) is 18.6 Å². The van der Waals surface area contributed by atoms with Gasteiger partial charge < -0.3 is 9.47 Å². The van der Waals surface area contributed by atoms with Gasteiger partial charge in [0.15, 0.2) is 11.5 Å². The molecule has 2 atom stereocenters. The van der Waals surface area contributed by atoms with Gasteiger partial charge in [-0.3, -0.25) is 0 Å². The highest BCUT2D eigenvalue weighted by molar-refractivity contribution is 7.10. The van der Waals surface area contributed by atoms with E-state index in [4.69, 9.17) is 21.1 Å². The lowest BCUT2D eigenvalue weighted by Crippen LogP contribution is -2.12. The van der Waals surface area contributed by atoms with E-state index in [2.05, 4.69) is 25.3 Å². The summed E-state index contributed by atoms with van der Waals surface area (Å²) in [6, 6.07) is 8.18. The maximum atomic E-state index is 6.68. The molecule has 2 aromatic rings. The third-order valence-electron chi connectivity index (χ3n) is 3.70. The lowest BCUT2D eigenvalue weighted by Gasteiger charge is -2.13. The molecule has 0 bridgehead atoms. The molecular formula is C17H19ClO2S. The first-order chi connectivity index (χ1) is 10.2. The Bertz CT molecular complexity index is 623. The molecule has 0 amide bonds. The molecule has 0 N–H and O–H groups in total. The number of rotatable bonds is 3. The van der Waals surface area contributed by atoms with Crippen LogP contribution in [0.3, 0.4) is 0 Å². The SMILES string of the molecule is CCc1ccsc1C(Cl)c1ccc2c(c1)OCC(C)CO2. The van der Waals surface area contributed by atoms with Crippen molar-refractivity contribution in [3.8, 4) is 11.5 Å². The molecule has 0 aliphatic carbocycles. The van der Waals surface area contributed by atoms with Crippen molar-refractivity contribution in [3.05, 3.63) is 45.6 Å². The van der Waals surface area contributed by atoms with E-state index in [-0.39, 0.29) is 5.38 Å². The second kappa shape index (κ2) is 6.29. The lowest BCUT2D eigenvalue weighted by molar-refractivity contribution is 0.228. The van der Waals surface area contributed by atoms with Crippen molar-refractivity contribution < 1.29 is 9.47 Å². The molecule has 0 spiro atoms. The predicted molar refractivity (Wildman–Crippen MR) is 88.0 cm³/mol. The minimum atomic E-state index is -0.130. The quantitative estimate of drug-likeness (QED) is 0.736. The number of hydrogen-bond donors (Lipinski definition) is 0. The largest absolute Gasteiger partial charge is 0.489 e. The predicted octanol–water partition coefficient (Wildman–Crippen LogP) is 5.05. The van der Waals surface area contributed by atoms with Crippen LogP contribution in [0.5, 0.6) is 11.5 Å². The molecule has 3 rings (SSSR count). The maximum Gasteiger partial charge on any atom is 0.161 e. The van der Waals surface area contributed by atoms with Crippen LogP contribution >= 0.6 is 22.9 Å². The van der Waals surface area contributed by atoms with E-state index in [1.165, 1.54) is 10.4 Å². The van der Waals surface area contributed by atoms with Crippen LogP contribution in [-0.4, -0.2) is 13.2 Å². The first-order valence-electron chi connectivity index (χ1n) is 7.29. The van der Waals surface area contributed by atoms with E-state index in [9.17, 15) is 0 Å². The van der Waals surface area contributed by atoms with Crippen molar-refractivity contribution in [3.63, 3.8) is 0 Å². The van der Waals surface area contributed by atoms with E-state index in [1.807, 2.05) is 18.2 Å². The van der Waals surface area contributed by atoms with Crippen LogP contribution in [0.15, 0.2) is 29.6 Å². The Kier molecular flexibility index (Phi) is 4.41. The fourth-order valence-corrected chi connectivity index (χ4v) is 3.87. The first kappa shape index (κ1) is 14.7. The van der Waals surface area contributed by atoms with Crippen molar-refractivity contribution in [2.75, 3.05) is 13.2 Å². The summed E-state index contributed by atoms with van der Waals surface area (Å²) in [6.07, 6.45) is 1.00. The van der Waals surface area contributed by atoms with E-state index in [0.29, 0.717) is 19.1 Å². The standard InChI is InChI=1S/C17H19ClO2S/c1-3-12-6-7-21-17(12)16(18)13-4-5-14-15(8-13)20-10-11(2)9-19-14/h4-8,11,16H,3,9-10H2,1-2H3. The van der Waals surface area contributed by atoms with Gasteiger partial charge in [0, 0.05) is 10.8 Å². The zero-order chi connectivity index (χ0) is 14.8. The van der Waals surface area contributed by atoms with Crippen LogP contribution in [0.4, 0.5) is 0 Å². The van der Waals surface area contributed by atoms with Crippen LogP contribution in [0.1, 0.15) is 35.2 Å². The van der Waals surface area contributed by atoms with E-state index >= 15 is 0 Å². The monoisotopic (exact) mass is 322 g/mol. The minimum Gasteiger partial charge on any atom is -0.489 e. The van der Waals surface area contributed by atoms with Gasteiger partial charge in [-0.05, 0) is 41.1 Å². The molecule has 1 aliphatic heterocycles. The van der Waals surface area contributed by atoms with Gasteiger partial charge in [0.25, 0.3) is 0 Å². The Hall–Kier alpha value is -1.19. The van der Waals surface area contributed by atoms with Crippen molar-refractivity contribution in [1.82, 2.24) is 0 Å². The molecule has 112 valence electrons. The fraction of sp³-hybridized carbons (Fsp3) is 0.412. The van der Waals surface area contributed by atoms with E-state index in [1.54, 1.807) is 11.3 Å². The third-order valence-corrected chi connectivity index (χ3v) is 5.32. The zero-order valence-electron chi connectivity index (χ0n) is 12.3. The molecule has 2 nitrogen and oxygen atoms in total. The molecule has 2 heterocycles. The average molecular weight is 323 g/mol. The van der Waals surface area contributed by atoms with Gasteiger partial charge in [-0.1, -0.05) is 19.9 Å². The summed E-state index contributed by atoms with van der Waals surface area (Å²) in [6.45, 7) is 5.66. The smallest absolute Gasteiger partial charge is 0.161 e. The third kappa shape index (κ3) is 3.04. The van der Waals surface area contributed by atoms with Crippen LogP contribution in [0.25, 0.3) is 0 Å². The Balaban J connectivity index is 1.90. The number of thiophene rings is 1. The Labute approximate surface area is 134 Å². The van der Waals surface area contributed by atoms with Crippen LogP contribution in [-0.2, 0) is 6.42 Å². The topological polar surface area (TPSA) is 18.5 Å². The number of fused-ring (bicyclic) bond motifs is 1. The van der Waals surface area contributed by atoms with Gasteiger partial charge in [-0.25, -0.2) is 0 Å². The second-order valence-corrected chi connectivity index (χ2v) is 6.84. The first-order valence-corrected chi connectivity index (χ1v) is 8.60. The number of alkyl halides is 1. The average Bonchev–Trinajstić information content (AvgIpc) is 2.91. The van der Waals surface area contributed by atoms with Gasteiger partial charge in [-0.15, -0.1) is 22.9 Å². The molecule has 4 heteroatoms. The van der Waals surface area contributed by atoms with Crippen molar-refractivity contribution in [2.24, 2.45) is 5.92 Å². The molecule has 0 saturated heterocycles. The van der Waals surface area contributed by atoms with Gasteiger partial charge in [-0.2, -0.15) is 0 Å². The van der Waals surface area contributed by atoms with Gasteiger partial charge in [0.1, 0.15) is 0 Å². The Morgan fingerprint density at radius 2 is 2.00 bits per heavy atom. The molecule has 0 saturated carbocycles. The number of hydrogen-bond acceptors (Lipinski definition) is 3.